The van der Waals surface area contributed by atoms with Gasteiger partial charge >= 0.3 is 0 Å². The second-order valence-electron chi connectivity index (χ2n) is 5.86. The minimum atomic E-state index is 0.838. The van der Waals surface area contributed by atoms with Gasteiger partial charge in [-0.2, -0.15) is 0 Å². The molecule has 0 amide bonds. The summed E-state index contributed by atoms with van der Waals surface area (Å²) in [6.45, 7) is 5.08. The molecule has 1 unspecified atom stereocenters. The lowest BCUT2D eigenvalue weighted by molar-refractivity contribution is 0.148. The number of fused-ring (bicyclic) bond motifs is 1. The predicted octanol–water partition coefficient (Wildman–Crippen LogP) is 3.17. The van der Waals surface area contributed by atoms with E-state index in [0.717, 1.165) is 6.04 Å². The third-order valence-corrected chi connectivity index (χ3v) is 4.45. The highest BCUT2D eigenvalue weighted by atomic mass is 15.2. The summed E-state index contributed by atoms with van der Waals surface area (Å²) in [5, 5.41) is 3.57. The zero-order valence-corrected chi connectivity index (χ0v) is 11.4. The fourth-order valence-electron chi connectivity index (χ4n) is 3.31. The van der Waals surface area contributed by atoms with Gasteiger partial charge in [-0.1, -0.05) is 51.4 Å². The Hall–Kier alpha value is -0.0800. The van der Waals surface area contributed by atoms with Crippen molar-refractivity contribution >= 4 is 0 Å². The molecule has 0 bridgehead atoms. The van der Waals surface area contributed by atoms with Gasteiger partial charge < -0.3 is 5.32 Å². The minimum Gasteiger partial charge on any atom is -0.314 e. The van der Waals surface area contributed by atoms with Gasteiger partial charge in [0.1, 0.15) is 0 Å². The average Bonchev–Trinajstić information content (AvgIpc) is 2.38. The molecule has 2 rings (SSSR count). The van der Waals surface area contributed by atoms with Crippen molar-refractivity contribution in [1.29, 1.82) is 0 Å². The minimum absolute atomic E-state index is 0.838. The molecule has 17 heavy (non-hydrogen) atoms. The lowest BCUT2D eigenvalue weighted by Crippen LogP contribution is -2.51. The number of hydrogen-bond donors (Lipinski definition) is 1. The molecule has 0 aromatic carbocycles. The van der Waals surface area contributed by atoms with Crippen LogP contribution in [0.3, 0.4) is 0 Å². The van der Waals surface area contributed by atoms with Crippen LogP contribution < -0.4 is 5.32 Å². The molecule has 2 saturated heterocycles. The molecule has 0 aromatic rings. The molecule has 2 heteroatoms. The largest absolute Gasteiger partial charge is 0.314 e. The molecular formula is C15H30N2. The van der Waals surface area contributed by atoms with Gasteiger partial charge in [0.15, 0.2) is 0 Å². The van der Waals surface area contributed by atoms with E-state index in [2.05, 4.69) is 10.2 Å². The van der Waals surface area contributed by atoms with Crippen LogP contribution in [0, 0.1) is 0 Å². The van der Waals surface area contributed by atoms with Crippen LogP contribution in [0.2, 0.25) is 0 Å². The van der Waals surface area contributed by atoms with Gasteiger partial charge in [-0.15, -0.1) is 0 Å². The summed E-state index contributed by atoms with van der Waals surface area (Å²) in [5.74, 6) is 0. The normalized spacial score (nSPS) is 30.7. The maximum Gasteiger partial charge on any atom is 0.0221 e. The maximum absolute atomic E-state index is 3.57. The molecule has 0 aromatic heterocycles. The van der Waals surface area contributed by atoms with Gasteiger partial charge in [-0.25, -0.2) is 0 Å². The van der Waals surface area contributed by atoms with Crippen LogP contribution in [0.5, 0.6) is 0 Å². The highest BCUT2D eigenvalue weighted by molar-refractivity contribution is 4.79. The predicted molar refractivity (Wildman–Crippen MR) is 74.4 cm³/mol. The fourth-order valence-corrected chi connectivity index (χ4v) is 3.31. The van der Waals surface area contributed by atoms with E-state index < -0.39 is 0 Å². The van der Waals surface area contributed by atoms with Crippen molar-refractivity contribution in [2.75, 3.05) is 26.2 Å². The van der Waals surface area contributed by atoms with Crippen molar-refractivity contribution in [3.8, 4) is 0 Å². The number of piperazine rings is 1. The Labute approximate surface area is 107 Å². The summed E-state index contributed by atoms with van der Waals surface area (Å²) in [6, 6.07) is 0.838. The lowest BCUT2D eigenvalue weighted by atomic mass is 10.0. The lowest BCUT2D eigenvalue weighted by Gasteiger charge is -2.36. The van der Waals surface area contributed by atoms with Crippen LogP contribution in [-0.2, 0) is 0 Å². The van der Waals surface area contributed by atoms with Crippen LogP contribution in [0.4, 0.5) is 0 Å². The van der Waals surface area contributed by atoms with E-state index >= 15 is 0 Å². The Morgan fingerprint density at radius 3 is 2.12 bits per heavy atom. The van der Waals surface area contributed by atoms with Crippen LogP contribution >= 0.6 is 0 Å². The first kappa shape index (κ1) is 13.4. The fraction of sp³-hybridized carbons (Fsp3) is 1.00. The van der Waals surface area contributed by atoms with Crippen LogP contribution in [0.1, 0.15) is 64.2 Å². The van der Waals surface area contributed by atoms with Crippen LogP contribution in [0.25, 0.3) is 0 Å². The quantitative estimate of drug-likeness (QED) is 0.697. The van der Waals surface area contributed by atoms with Crippen molar-refractivity contribution in [3.63, 3.8) is 0 Å². The molecular weight excluding hydrogens is 208 g/mol. The van der Waals surface area contributed by atoms with E-state index in [1.54, 1.807) is 0 Å². The molecule has 2 heterocycles. The van der Waals surface area contributed by atoms with Gasteiger partial charge in [0.25, 0.3) is 0 Å². The van der Waals surface area contributed by atoms with E-state index in [9.17, 15) is 0 Å². The van der Waals surface area contributed by atoms with Crippen LogP contribution in [0.15, 0.2) is 0 Å². The number of rotatable bonds is 0. The zero-order chi connectivity index (χ0) is 11.8. The Balaban J connectivity index is 1.78. The maximum atomic E-state index is 3.57. The second kappa shape index (κ2) is 8.10. The van der Waals surface area contributed by atoms with E-state index in [1.165, 1.54) is 90.4 Å². The topological polar surface area (TPSA) is 15.3 Å². The summed E-state index contributed by atoms with van der Waals surface area (Å²) >= 11 is 0. The Kier molecular flexibility index (Phi) is 6.36. The zero-order valence-electron chi connectivity index (χ0n) is 11.4. The molecule has 0 spiro atoms. The van der Waals surface area contributed by atoms with Crippen LogP contribution in [-0.4, -0.2) is 37.1 Å². The van der Waals surface area contributed by atoms with E-state index in [-0.39, 0.29) is 0 Å². The molecule has 0 saturated carbocycles. The third-order valence-electron chi connectivity index (χ3n) is 4.45. The molecule has 2 fully saturated rings. The standard InChI is InChI=1S/C15H30N2/c1-2-4-6-8-10-15-14-16-11-13-17(15)12-9-7-5-3-1/h15-16H,1-14H2. The smallest absolute Gasteiger partial charge is 0.0221 e. The average molecular weight is 238 g/mol. The highest BCUT2D eigenvalue weighted by Gasteiger charge is 2.20. The van der Waals surface area contributed by atoms with Crippen molar-refractivity contribution in [1.82, 2.24) is 10.2 Å². The molecule has 2 aliphatic rings. The molecule has 0 aliphatic carbocycles. The summed E-state index contributed by atoms with van der Waals surface area (Å²) in [5.41, 5.74) is 0. The summed E-state index contributed by atoms with van der Waals surface area (Å²) in [4.78, 5) is 2.76. The van der Waals surface area contributed by atoms with Gasteiger partial charge in [-0.05, 0) is 19.4 Å². The van der Waals surface area contributed by atoms with Gasteiger partial charge in [0.2, 0.25) is 0 Å². The third kappa shape index (κ3) is 4.97. The molecule has 0 radical (unpaired) electrons. The first-order valence-electron chi connectivity index (χ1n) is 7.91. The monoisotopic (exact) mass is 238 g/mol. The van der Waals surface area contributed by atoms with E-state index in [4.69, 9.17) is 0 Å². The van der Waals surface area contributed by atoms with Crippen molar-refractivity contribution in [2.24, 2.45) is 0 Å². The molecule has 1 N–H and O–H groups in total. The van der Waals surface area contributed by atoms with Gasteiger partial charge in [0, 0.05) is 25.7 Å². The van der Waals surface area contributed by atoms with Crippen molar-refractivity contribution in [2.45, 2.75) is 70.3 Å². The Morgan fingerprint density at radius 1 is 0.706 bits per heavy atom. The summed E-state index contributed by atoms with van der Waals surface area (Å²) in [6.07, 6.45) is 14.6. The first-order valence-corrected chi connectivity index (χ1v) is 7.91. The Morgan fingerprint density at radius 2 is 1.35 bits per heavy atom. The number of hydrogen-bond acceptors (Lipinski definition) is 2. The van der Waals surface area contributed by atoms with Crippen molar-refractivity contribution in [3.05, 3.63) is 0 Å². The molecule has 2 aliphatic heterocycles. The summed E-state index contributed by atoms with van der Waals surface area (Å²) in [7, 11) is 0. The summed E-state index contributed by atoms with van der Waals surface area (Å²) < 4.78 is 0. The number of nitrogens with one attached hydrogen (secondary N) is 1. The molecule has 100 valence electrons. The highest BCUT2D eigenvalue weighted by Crippen LogP contribution is 2.17. The molecule has 1 atom stereocenters. The van der Waals surface area contributed by atoms with E-state index in [0.29, 0.717) is 0 Å². The van der Waals surface area contributed by atoms with Gasteiger partial charge in [-0.3, -0.25) is 4.90 Å². The van der Waals surface area contributed by atoms with Crippen molar-refractivity contribution < 1.29 is 0 Å². The molecule has 2 nitrogen and oxygen atoms in total. The first-order chi connectivity index (χ1) is 8.47. The Bertz CT molecular complexity index is 173. The SMILES string of the molecule is C1CCCCCC2CNCCN2CCCCC1. The number of nitrogens with zero attached hydrogens (tertiary/aromatic N) is 1. The second-order valence-corrected chi connectivity index (χ2v) is 5.86. The van der Waals surface area contributed by atoms with E-state index in [1.807, 2.05) is 0 Å². The van der Waals surface area contributed by atoms with Gasteiger partial charge in [0.05, 0.1) is 0 Å².